The summed E-state index contributed by atoms with van der Waals surface area (Å²) in [6.07, 6.45) is 5.73. The highest BCUT2D eigenvalue weighted by molar-refractivity contribution is 8.00. The SMILES string of the molecule is O=C(O)[C@@H]1CS[C@H](C2CCCCC2)N1C(=O)c1ccc(Cl)cc1. The second-order valence-electron chi connectivity index (χ2n) is 6.20. The smallest absolute Gasteiger partial charge is 0.327 e. The number of carbonyl (C=O) groups excluding carboxylic acids is 1. The summed E-state index contributed by atoms with van der Waals surface area (Å²) in [5.41, 5.74) is 0.504. The largest absolute Gasteiger partial charge is 0.480 e. The van der Waals surface area contributed by atoms with Gasteiger partial charge in [-0.25, -0.2) is 4.79 Å². The molecule has 1 N–H and O–H groups in total. The number of rotatable bonds is 3. The Morgan fingerprint density at radius 2 is 1.78 bits per heavy atom. The number of halogens is 1. The third kappa shape index (κ3) is 3.50. The first-order valence-corrected chi connectivity index (χ1v) is 9.43. The number of carboxylic acids is 1. The van der Waals surface area contributed by atoms with Crippen molar-refractivity contribution in [3.8, 4) is 0 Å². The highest BCUT2D eigenvalue weighted by atomic mass is 35.5. The monoisotopic (exact) mass is 353 g/mol. The maximum atomic E-state index is 12.9. The Morgan fingerprint density at radius 3 is 2.39 bits per heavy atom. The molecule has 6 heteroatoms. The maximum Gasteiger partial charge on any atom is 0.327 e. The van der Waals surface area contributed by atoms with E-state index in [1.54, 1.807) is 40.9 Å². The molecule has 0 unspecified atom stereocenters. The van der Waals surface area contributed by atoms with Crippen molar-refractivity contribution in [1.82, 2.24) is 4.90 Å². The predicted molar refractivity (Wildman–Crippen MR) is 91.9 cm³/mol. The van der Waals surface area contributed by atoms with Crippen molar-refractivity contribution >= 4 is 35.2 Å². The lowest BCUT2D eigenvalue weighted by molar-refractivity contribution is -0.141. The molecule has 3 rings (SSSR count). The van der Waals surface area contributed by atoms with Crippen LogP contribution in [0.15, 0.2) is 24.3 Å². The van der Waals surface area contributed by atoms with E-state index in [-0.39, 0.29) is 11.3 Å². The Labute approximate surface area is 145 Å². The predicted octanol–water partition coefficient (Wildman–Crippen LogP) is 3.89. The molecule has 124 valence electrons. The Kier molecular flexibility index (Phi) is 5.17. The van der Waals surface area contributed by atoms with Gasteiger partial charge in [-0.3, -0.25) is 4.79 Å². The molecule has 23 heavy (non-hydrogen) atoms. The number of carbonyl (C=O) groups is 2. The van der Waals surface area contributed by atoms with E-state index >= 15 is 0 Å². The first-order valence-electron chi connectivity index (χ1n) is 8.00. The molecule has 0 radical (unpaired) electrons. The van der Waals surface area contributed by atoms with Gasteiger partial charge in [-0.2, -0.15) is 0 Å². The van der Waals surface area contributed by atoms with E-state index in [0.29, 0.717) is 22.3 Å². The number of nitrogens with zero attached hydrogens (tertiary/aromatic N) is 1. The lowest BCUT2D eigenvalue weighted by Gasteiger charge is -2.34. The van der Waals surface area contributed by atoms with Crippen molar-refractivity contribution in [3.63, 3.8) is 0 Å². The van der Waals surface area contributed by atoms with Crippen LogP contribution in [-0.4, -0.2) is 39.1 Å². The van der Waals surface area contributed by atoms with E-state index in [1.807, 2.05) is 0 Å². The lowest BCUT2D eigenvalue weighted by Crippen LogP contribution is -2.48. The molecule has 1 aliphatic carbocycles. The number of amides is 1. The summed E-state index contributed by atoms with van der Waals surface area (Å²) < 4.78 is 0. The highest BCUT2D eigenvalue weighted by Crippen LogP contribution is 2.41. The normalized spacial score (nSPS) is 25.5. The number of hydrogen-bond acceptors (Lipinski definition) is 3. The van der Waals surface area contributed by atoms with E-state index in [4.69, 9.17) is 11.6 Å². The van der Waals surface area contributed by atoms with Crippen molar-refractivity contribution in [3.05, 3.63) is 34.9 Å². The van der Waals surface area contributed by atoms with E-state index in [1.165, 1.54) is 19.3 Å². The number of hydrogen-bond donors (Lipinski definition) is 1. The van der Waals surface area contributed by atoms with Gasteiger partial charge in [0.05, 0.1) is 5.37 Å². The van der Waals surface area contributed by atoms with Crippen molar-refractivity contribution < 1.29 is 14.7 Å². The summed E-state index contributed by atoms with van der Waals surface area (Å²) in [5, 5.41) is 10.0. The van der Waals surface area contributed by atoms with Crippen LogP contribution in [0.5, 0.6) is 0 Å². The molecule has 1 heterocycles. The Morgan fingerprint density at radius 1 is 1.13 bits per heavy atom. The third-order valence-corrected chi connectivity index (χ3v) is 6.41. The summed E-state index contributed by atoms with van der Waals surface area (Å²) in [6.45, 7) is 0. The molecule has 4 nitrogen and oxygen atoms in total. The van der Waals surface area contributed by atoms with Gasteiger partial charge in [0.1, 0.15) is 6.04 Å². The second kappa shape index (κ2) is 7.14. The highest BCUT2D eigenvalue weighted by Gasteiger charge is 2.45. The molecule has 0 bridgehead atoms. The first kappa shape index (κ1) is 16.7. The molecule has 1 aliphatic heterocycles. The topological polar surface area (TPSA) is 57.6 Å². The van der Waals surface area contributed by atoms with Crippen LogP contribution in [0.25, 0.3) is 0 Å². The summed E-state index contributed by atoms with van der Waals surface area (Å²) >= 11 is 7.50. The minimum atomic E-state index is -0.918. The van der Waals surface area contributed by atoms with E-state index in [9.17, 15) is 14.7 Å². The van der Waals surface area contributed by atoms with E-state index in [2.05, 4.69) is 0 Å². The minimum Gasteiger partial charge on any atom is -0.480 e. The Balaban J connectivity index is 1.87. The summed E-state index contributed by atoms with van der Waals surface area (Å²) in [5.74, 6) is -0.252. The second-order valence-corrected chi connectivity index (χ2v) is 7.78. The van der Waals surface area contributed by atoms with Crippen LogP contribution in [0.2, 0.25) is 5.02 Å². The molecule has 1 aromatic rings. The van der Waals surface area contributed by atoms with Gasteiger partial charge in [-0.05, 0) is 43.0 Å². The fourth-order valence-corrected chi connectivity index (χ4v) is 5.26. The fourth-order valence-electron chi connectivity index (χ4n) is 3.50. The molecule has 2 aliphatic rings. The average Bonchev–Trinajstić information content (AvgIpc) is 3.01. The molecule has 1 saturated heterocycles. The summed E-state index contributed by atoms with van der Waals surface area (Å²) in [4.78, 5) is 26.1. The van der Waals surface area contributed by atoms with Gasteiger partial charge >= 0.3 is 5.97 Å². The van der Waals surface area contributed by atoms with Gasteiger partial charge < -0.3 is 10.0 Å². The van der Waals surface area contributed by atoms with Gasteiger partial charge in [-0.1, -0.05) is 30.9 Å². The summed E-state index contributed by atoms with van der Waals surface area (Å²) in [6, 6.07) is 5.94. The number of thioether (sulfide) groups is 1. The zero-order chi connectivity index (χ0) is 16.4. The third-order valence-electron chi connectivity index (χ3n) is 4.70. The number of aliphatic carboxylic acids is 1. The quantitative estimate of drug-likeness (QED) is 0.895. The van der Waals surface area contributed by atoms with Crippen LogP contribution in [0.3, 0.4) is 0 Å². The van der Waals surface area contributed by atoms with Crippen LogP contribution in [0.1, 0.15) is 42.5 Å². The zero-order valence-electron chi connectivity index (χ0n) is 12.8. The van der Waals surface area contributed by atoms with Gasteiger partial charge in [0.15, 0.2) is 0 Å². The van der Waals surface area contributed by atoms with Gasteiger partial charge in [0.25, 0.3) is 5.91 Å². The number of carboxylic acid groups (broad SMARTS) is 1. The van der Waals surface area contributed by atoms with E-state index in [0.717, 1.165) is 12.8 Å². The average molecular weight is 354 g/mol. The Bertz CT molecular complexity index is 586. The molecule has 2 atom stereocenters. The molecule has 1 amide bonds. The van der Waals surface area contributed by atoms with Crippen molar-refractivity contribution in [2.75, 3.05) is 5.75 Å². The molecule has 0 spiro atoms. The molecule has 2 fully saturated rings. The van der Waals surface area contributed by atoms with Crippen molar-refractivity contribution in [2.24, 2.45) is 5.92 Å². The number of benzene rings is 1. The standard InChI is InChI=1S/C17H20ClNO3S/c18-13-8-6-11(7-9-13)15(20)19-14(17(21)22)10-23-16(19)12-4-2-1-3-5-12/h6-9,12,14,16H,1-5,10H2,(H,21,22)/t14-,16+/m0/s1. The van der Waals surface area contributed by atoms with Crippen molar-refractivity contribution in [2.45, 2.75) is 43.5 Å². The maximum absolute atomic E-state index is 12.9. The molecule has 0 aromatic heterocycles. The fraction of sp³-hybridized carbons (Fsp3) is 0.529. The van der Waals surface area contributed by atoms with Gasteiger partial charge in [-0.15, -0.1) is 11.8 Å². The van der Waals surface area contributed by atoms with Crippen LogP contribution in [0.4, 0.5) is 0 Å². The first-order chi connectivity index (χ1) is 11.1. The Hall–Kier alpha value is -1.20. The molecular formula is C17H20ClNO3S. The molecular weight excluding hydrogens is 334 g/mol. The summed E-state index contributed by atoms with van der Waals surface area (Å²) in [7, 11) is 0. The molecule has 1 saturated carbocycles. The lowest BCUT2D eigenvalue weighted by atomic mass is 9.88. The van der Waals surface area contributed by atoms with Crippen LogP contribution in [-0.2, 0) is 4.79 Å². The van der Waals surface area contributed by atoms with Crippen LogP contribution >= 0.6 is 23.4 Å². The van der Waals surface area contributed by atoms with Gasteiger partial charge in [0, 0.05) is 16.3 Å². The van der Waals surface area contributed by atoms with Crippen LogP contribution < -0.4 is 0 Å². The molecule has 1 aromatic carbocycles. The van der Waals surface area contributed by atoms with Crippen LogP contribution in [0, 0.1) is 5.92 Å². The minimum absolute atomic E-state index is 0.0282. The zero-order valence-corrected chi connectivity index (χ0v) is 14.4. The van der Waals surface area contributed by atoms with Crippen molar-refractivity contribution in [1.29, 1.82) is 0 Å². The van der Waals surface area contributed by atoms with Gasteiger partial charge in [0.2, 0.25) is 0 Å². The van der Waals surface area contributed by atoms with E-state index < -0.39 is 12.0 Å².